The Labute approximate surface area is 130 Å². The van der Waals surface area contributed by atoms with Crippen LogP contribution in [0.4, 0.5) is 0 Å². The van der Waals surface area contributed by atoms with Gasteiger partial charge in [0, 0.05) is 18.0 Å². The summed E-state index contributed by atoms with van der Waals surface area (Å²) >= 11 is 0. The van der Waals surface area contributed by atoms with Crippen LogP contribution in [-0.2, 0) is 0 Å². The Kier molecular flexibility index (Phi) is 4.28. The second-order valence-corrected chi connectivity index (χ2v) is 5.04. The molecule has 1 aromatic carbocycles. The molecule has 0 spiro atoms. The fraction of sp³-hybridized carbons (Fsp3) is 0.278. The number of rotatable bonds is 6. The molecule has 0 fully saturated rings. The number of fused-ring (bicyclic) bond motifs is 1. The topological polar surface area (TPSA) is 35.8 Å². The molecule has 2 heterocycles. The van der Waals surface area contributed by atoms with Gasteiger partial charge >= 0.3 is 0 Å². The van der Waals surface area contributed by atoms with E-state index in [9.17, 15) is 0 Å². The van der Waals surface area contributed by atoms with Gasteiger partial charge < -0.3 is 13.9 Å². The summed E-state index contributed by atoms with van der Waals surface area (Å²) in [6.45, 7) is 5.44. The molecule has 0 radical (unpaired) electrons. The van der Waals surface area contributed by atoms with Crippen molar-refractivity contribution in [1.29, 1.82) is 0 Å². The van der Waals surface area contributed by atoms with E-state index in [0.717, 1.165) is 41.4 Å². The molecule has 2 aromatic heterocycles. The Morgan fingerprint density at radius 2 is 1.86 bits per heavy atom. The summed E-state index contributed by atoms with van der Waals surface area (Å²) in [4.78, 5) is 4.69. The van der Waals surface area contributed by atoms with E-state index in [-0.39, 0.29) is 0 Å². The Hall–Kier alpha value is -2.49. The number of imidazole rings is 1. The van der Waals surface area contributed by atoms with Crippen LogP contribution in [0.2, 0.25) is 0 Å². The van der Waals surface area contributed by atoms with Gasteiger partial charge in [-0.05, 0) is 49.7 Å². The SMILES string of the molecule is CCCOc1ccc(-c2cn3cccc(OCC)c3n2)cc1. The summed E-state index contributed by atoms with van der Waals surface area (Å²) in [6, 6.07) is 11.9. The first-order chi connectivity index (χ1) is 10.8. The second-order valence-electron chi connectivity index (χ2n) is 5.04. The van der Waals surface area contributed by atoms with Crippen molar-refractivity contribution in [3.05, 3.63) is 48.8 Å². The highest BCUT2D eigenvalue weighted by Gasteiger charge is 2.08. The normalized spacial score (nSPS) is 10.8. The van der Waals surface area contributed by atoms with Gasteiger partial charge in [-0.15, -0.1) is 0 Å². The molecule has 3 rings (SSSR count). The van der Waals surface area contributed by atoms with E-state index < -0.39 is 0 Å². The van der Waals surface area contributed by atoms with Crippen LogP contribution in [-0.4, -0.2) is 22.6 Å². The van der Waals surface area contributed by atoms with Crippen molar-refractivity contribution in [2.45, 2.75) is 20.3 Å². The van der Waals surface area contributed by atoms with E-state index in [4.69, 9.17) is 14.5 Å². The lowest BCUT2D eigenvalue weighted by Gasteiger charge is -2.04. The molecule has 0 bridgehead atoms. The molecule has 0 aliphatic carbocycles. The van der Waals surface area contributed by atoms with Crippen molar-refractivity contribution < 1.29 is 9.47 Å². The van der Waals surface area contributed by atoms with Crippen molar-refractivity contribution in [3.63, 3.8) is 0 Å². The lowest BCUT2D eigenvalue weighted by atomic mass is 10.2. The summed E-state index contributed by atoms with van der Waals surface area (Å²) < 4.78 is 13.2. The summed E-state index contributed by atoms with van der Waals surface area (Å²) in [5.41, 5.74) is 2.83. The van der Waals surface area contributed by atoms with Crippen molar-refractivity contribution in [2.75, 3.05) is 13.2 Å². The molecule has 0 aliphatic rings. The number of nitrogens with zero attached hydrogens (tertiary/aromatic N) is 2. The average molecular weight is 296 g/mol. The highest BCUT2D eigenvalue weighted by molar-refractivity contribution is 5.66. The van der Waals surface area contributed by atoms with Crippen LogP contribution in [0.1, 0.15) is 20.3 Å². The number of benzene rings is 1. The molecule has 0 saturated heterocycles. The molecule has 22 heavy (non-hydrogen) atoms. The minimum absolute atomic E-state index is 0.630. The second kappa shape index (κ2) is 6.52. The molecule has 4 heteroatoms. The lowest BCUT2D eigenvalue weighted by molar-refractivity contribution is 0.317. The Balaban J connectivity index is 1.91. The minimum atomic E-state index is 0.630. The van der Waals surface area contributed by atoms with Gasteiger partial charge in [0.2, 0.25) is 0 Å². The van der Waals surface area contributed by atoms with Crippen molar-refractivity contribution in [2.24, 2.45) is 0 Å². The average Bonchev–Trinajstić information content (AvgIpc) is 2.99. The van der Waals surface area contributed by atoms with E-state index in [1.165, 1.54) is 0 Å². The van der Waals surface area contributed by atoms with Crippen LogP contribution in [0.15, 0.2) is 48.8 Å². The fourth-order valence-electron chi connectivity index (χ4n) is 2.34. The largest absolute Gasteiger partial charge is 0.494 e. The highest BCUT2D eigenvalue weighted by atomic mass is 16.5. The van der Waals surface area contributed by atoms with E-state index in [1.807, 2.05) is 60.1 Å². The van der Waals surface area contributed by atoms with Gasteiger partial charge in [-0.25, -0.2) is 4.98 Å². The first-order valence-electron chi connectivity index (χ1n) is 7.65. The van der Waals surface area contributed by atoms with E-state index in [0.29, 0.717) is 6.61 Å². The molecule has 0 aliphatic heterocycles. The van der Waals surface area contributed by atoms with Gasteiger partial charge in [0.15, 0.2) is 11.4 Å². The van der Waals surface area contributed by atoms with Crippen LogP contribution >= 0.6 is 0 Å². The predicted molar refractivity (Wildman–Crippen MR) is 87.6 cm³/mol. The number of ether oxygens (including phenoxy) is 2. The van der Waals surface area contributed by atoms with Crippen LogP contribution in [0.3, 0.4) is 0 Å². The van der Waals surface area contributed by atoms with Crippen molar-refractivity contribution in [1.82, 2.24) is 9.38 Å². The summed E-state index contributed by atoms with van der Waals surface area (Å²) in [5, 5.41) is 0. The van der Waals surface area contributed by atoms with Crippen LogP contribution in [0.25, 0.3) is 16.9 Å². The first kappa shape index (κ1) is 14.4. The Morgan fingerprint density at radius 1 is 1.05 bits per heavy atom. The molecule has 0 saturated carbocycles. The van der Waals surface area contributed by atoms with Crippen molar-refractivity contribution in [3.8, 4) is 22.8 Å². The number of aromatic nitrogens is 2. The van der Waals surface area contributed by atoms with E-state index in [1.54, 1.807) is 0 Å². The van der Waals surface area contributed by atoms with E-state index >= 15 is 0 Å². The predicted octanol–water partition coefficient (Wildman–Crippen LogP) is 4.19. The maximum absolute atomic E-state index is 5.63. The van der Waals surface area contributed by atoms with Crippen LogP contribution in [0, 0.1) is 0 Å². The molecular weight excluding hydrogens is 276 g/mol. The zero-order valence-corrected chi connectivity index (χ0v) is 13.0. The molecular formula is C18H20N2O2. The maximum Gasteiger partial charge on any atom is 0.180 e. The molecule has 114 valence electrons. The molecule has 4 nitrogen and oxygen atoms in total. The van der Waals surface area contributed by atoms with Gasteiger partial charge in [0.05, 0.1) is 18.9 Å². The van der Waals surface area contributed by atoms with Gasteiger partial charge in [0.25, 0.3) is 0 Å². The standard InChI is InChI=1S/C18H20N2O2/c1-3-12-22-15-9-7-14(8-10-15)16-13-20-11-5-6-17(21-4-2)18(20)19-16/h5-11,13H,3-4,12H2,1-2H3. The third kappa shape index (κ3) is 2.91. The highest BCUT2D eigenvalue weighted by Crippen LogP contribution is 2.26. The van der Waals surface area contributed by atoms with Crippen LogP contribution in [0.5, 0.6) is 11.5 Å². The number of pyridine rings is 1. The molecule has 0 atom stereocenters. The van der Waals surface area contributed by atoms with Gasteiger partial charge in [-0.2, -0.15) is 0 Å². The number of hydrogen-bond donors (Lipinski definition) is 0. The zero-order valence-electron chi connectivity index (χ0n) is 13.0. The molecule has 0 N–H and O–H groups in total. The quantitative estimate of drug-likeness (QED) is 0.684. The van der Waals surface area contributed by atoms with E-state index in [2.05, 4.69) is 6.92 Å². The monoisotopic (exact) mass is 296 g/mol. The van der Waals surface area contributed by atoms with Gasteiger partial charge in [-0.1, -0.05) is 6.92 Å². The lowest BCUT2D eigenvalue weighted by Crippen LogP contribution is -1.94. The smallest absolute Gasteiger partial charge is 0.180 e. The summed E-state index contributed by atoms with van der Waals surface area (Å²) in [6.07, 6.45) is 5.00. The van der Waals surface area contributed by atoms with Gasteiger partial charge in [0.1, 0.15) is 5.75 Å². The van der Waals surface area contributed by atoms with Crippen molar-refractivity contribution >= 4 is 5.65 Å². The minimum Gasteiger partial charge on any atom is -0.494 e. The third-order valence-electron chi connectivity index (χ3n) is 3.37. The van der Waals surface area contributed by atoms with Gasteiger partial charge in [-0.3, -0.25) is 0 Å². The summed E-state index contributed by atoms with van der Waals surface area (Å²) in [5.74, 6) is 1.70. The Morgan fingerprint density at radius 3 is 2.59 bits per heavy atom. The zero-order chi connectivity index (χ0) is 15.4. The summed E-state index contributed by atoms with van der Waals surface area (Å²) in [7, 11) is 0. The molecule has 0 unspecified atom stereocenters. The fourth-order valence-corrected chi connectivity index (χ4v) is 2.34. The first-order valence-corrected chi connectivity index (χ1v) is 7.65. The number of hydrogen-bond acceptors (Lipinski definition) is 3. The Bertz CT molecular complexity index is 747. The third-order valence-corrected chi connectivity index (χ3v) is 3.37. The molecule has 0 amide bonds. The molecule has 3 aromatic rings. The van der Waals surface area contributed by atoms with Crippen LogP contribution < -0.4 is 9.47 Å². The maximum atomic E-state index is 5.63.